The fourth-order valence-electron chi connectivity index (χ4n) is 2.74. The molecule has 0 unspecified atom stereocenters. The van der Waals surface area contributed by atoms with Crippen LogP contribution >= 0.6 is 23.2 Å². The van der Waals surface area contributed by atoms with Crippen molar-refractivity contribution in [1.82, 2.24) is 4.98 Å². The number of anilines is 2. The van der Waals surface area contributed by atoms with Crippen molar-refractivity contribution in [3.63, 3.8) is 0 Å². The fraction of sp³-hybridized carbons (Fsp3) is 0.333. The molecule has 3 rings (SSSR count). The summed E-state index contributed by atoms with van der Waals surface area (Å²) in [5.41, 5.74) is 0.975. The highest BCUT2D eigenvalue weighted by Crippen LogP contribution is 2.30. The normalized spacial score (nSPS) is 15.4. The summed E-state index contributed by atoms with van der Waals surface area (Å²) in [6, 6.07) is 8.80. The second-order valence-corrected chi connectivity index (χ2v) is 6.92. The maximum atomic E-state index is 12.3. The summed E-state index contributed by atoms with van der Waals surface area (Å²) in [6.07, 6.45) is 3.95. The second-order valence-electron chi connectivity index (χ2n) is 6.13. The molecule has 0 spiro atoms. The molecule has 0 saturated carbocycles. The van der Waals surface area contributed by atoms with Crippen LogP contribution in [0, 0.1) is 5.92 Å². The van der Waals surface area contributed by atoms with Crippen molar-refractivity contribution in [3.05, 3.63) is 52.1 Å². The van der Waals surface area contributed by atoms with E-state index in [4.69, 9.17) is 23.2 Å². The van der Waals surface area contributed by atoms with Gasteiger partial charge in [-0.05, 0) is 43.0 Å². The Morgan fingerprint density at radius 1 is 1.21 bits per heavy atom. The number of pyridine rings is 1. The number of benzene rings is 1. The van der Waals surface area contributed by atoms with E-state index in [9.17, 15) is 4.79 Å². The van der Waals surface area contributed by atoms with Gasteiger partial charge in [-0.3, -0.25) is 4.79 Å². The summed E-state index contributed by atoms with van der Waals surface area (Å²) in [7, 11) is 0. The van der Waals surface area contributed by atoms with Crippen LogP contribution in [0.25, 0.3) is 0 Å². The van der Waals surface area contributed by atoms with E-state index >= 15 is 0 Å². The van der Waals surface area contributed by atoms with Crippen LogP contribution in [0.2, 0.25) is 10.0 Å². The number of hydrogen-bond donors (Lipinski definition) is 1. The van der Waals surface area contributed by atoms with Crippen LogP contribution in [-0.2, 0) is 0 Å². The van der Waals surface area contributed by atoms with Gasteiger partial charge in [0.1, 0.15) is 5.82 Å². The fourth-order valence-corrected chi connectivity index (χ4v) is 3.09. The zero-order valence-corrected chi connectivity index (χ0v) is 14.9. The molecule has 1 aliphatic rings. The van der Waals surface area contributed by atoms with E-state index in [0.717, 1.165) is 24.8 Å². The third-order valence-corrected chi connectivity index (χ3v) is 5.14. The number of carbonyl (C=O) groups is 1. The molecule has 0 bridgehead atoms. The van der Waals surface area contributed by atoms with Gasteiger partial charge in [-0.2, -0.15) is 0 Å². The van der Waals surface area contributed by atoms with Crippen molar-refractivity contribution in [3.8, 4) is 0 Å². The minimum atomic E-state index is -0.259. The van der Waals surface area contributed by atoms with E-state index in [1.807, 2.05) is 6.07 Å². The number of amides is 1. The molecular formula is C18H19Cl2N3O. The Bertz CT molecular complexity index is 726. The molecule has 1 amide bonds. The molecule has 1 saturated heterocycles. The Morgan fingerprint density at radius 3 is 2.62 bits per heavy atom. The van der Waals surface area contributed by atoms with Gasteiger partial charge in [-0.1, -0.05) is 36.2 Å². The van der Waals surface area contributed by atoms with Gasteiger partial charge in [0.25, 0.3) is 5.91 Å². The molecule has 4 nitrogen and oxygen atoms in total. The van der Waals surface area contributed by atoms with Gasteiger partial charge in [0.15, 0.2) is 0 Å². The third-order valence-electron chi connectivity index (χ3n) is 4.32. The van der Waals surface area contributed by atoms with Gasteiger partial charge in [0.2, 0.25) is 0 Å². The van der Waals surface area contributed by atoms with E-state index < -0.39 is 0 Å². The lowest BCUT2D eigenvalue weighted by Gasteiger charge is -2.31. The summed E-state index contributed by atoms with van der Waals surface area (Å²) < 4.78 is 0. The number of hydrogen-bond acceptors (Lipinski definition) is 3. The number of nitrogens with one attached hydrogen (secondary N) is 1. The average Bonchev–Trinajstić information content (AvgIpc) is 2.60. The molecule has 126 valence electrons. The van der Waals surface area contributed by atoms with Gasteiger partial charge in [-0.25, -0.2) is 4.98 Å². The number of piperidine rings is 1. The first kappa shape index (κ1) is 17.1. The molecule has 1 aromatic carbocycles. The predicted molar refractivity (Wildman–Crippen MR) is 99.3 cm³/mol. The standard InChI is InChI=1S/C18H19Cl2N3O/c1-12-7-9-23(10-8-12)16-6-5-13(11-21-16)18(24)22-15-4-2-3-14(19)17(15)20/h2-6,11-12H,7-10H2,1H3,(H,22,24). The van der Waals surface area contributed by atoms with E-state index in [1.54, 1.807) is 30.5 Å². The Hall–Kier alpha value is -1.78. The smallest absolute Gasteiger partial charge is 0.257 e. The number of carbonyl (C=O) groups excluding carboxylic acids is 1. The number of nitrogens with zero attached hydrogens (tertiary/aromatic N) is 2. The van der Waals surface area contributed by atoms with E-state index in [1.165, 1.54) is 12.8 Å². The van der Waals surface area contributed by atoms with E-state index in [0.29, 0.717) is 21.3 Å². The van der Waals surface area contributed by atoms with Crippen molar-refractivity contribution < 1.29 is 4.79 Å². The summed E-state index contributed by atoms with van der Waals surface area (Å²) in [6.45, 7) is 4.30. The first-order valence-corrected chi connectivity index (χ1v) is 8.76. The summed E-state index contributed by atoms with van der Waals surface area (Å²) in [5.74, 6) is 1.43. The Balaban J connectivity index is 1.69. The number of halogens is 2. The lowest BCUT2D eigenvalue weighted by molar-refractivity contribution is 0.102. The molecule has 1 aliphatic heterocycles. The van der Waals surface area contributed by atoms with Crippen LogP contribution < -0.4 is 10.2 Å². The van der Waals surface area contributed by atoms with Gasteiger partial charge >= 0.3 is 0 Å². The predicted octanol–water partition coefficient (Wildman–Crippen LogP) is 4.88. The zero-order valence-electron chi connectivity index (χ0n) is 13.4. The highest BCUT2D eigenvalue weighted by molar-refractivity contribution is 6.44. The molecule has 1 N–H and O–H groups in total. The molecule has 2 heterocycles. The molecule has 1 fully saturated rings. The van der Waals surface area contributed by atoms with Crippen LogP contribution in [0.3, 0.4) is 0 Å². The number of rotatable bonds is 3. The van der Waals surface area contributed by atoms with Crippen LogP contribution in [0.5, 0.6) is 0 Å². The molecule has 0 aliphatic carbocycles. The van der Waals surface area contributed by atoms with Crippen LogP contribution in [0.15, 0.2) is 36.5 Å². The Kier molecular flexibility index (Phi) is 5.27. The minimum Gasteiger partial charge on any atom is -0.357 e. The lowest BCUT2D eigenvalue weighted by atomic mass is 9.99. The SMILES string of the molecule is CC1CCN(c2ccc(C(=O)Nc3cccc(Cl)c3Cl)cn2)CC1. The molecular weight excluding hydrogens is 345 g/mol. The highest BCUT2D eigenvalue weighted by atomic mass is 35.5. The minimum absolute atomic E-state index is 0.259. The van der Waals surface area contributed by atoms with Gasteiger partial charge in [0.05, 0.1) is 21.3 Å². The van der Waals surface area contributed by atoms with Crippen molar-refractivity contribution >= 4 is 40.6 Å². The van der Waals surface area contributed by atoms with Crippen molar-refractivity contribution in [2.75, 3.05) is 23.3 Å². The lowest BCUT2D eigenvalue weighted by Crippen LogP contribution is -2.33. The molecule has 1 aromatic heterocycles. The largest absolute Gasteiger partial charge is 0.357 e. The van der Waals surface area contributed by atoms with E-state index in [-0.39, 0.29) is 5.91 Å². The number of aromatic nitrogens is 1. The van der Waals surface area contributed by atoms with Crippen LogP contribution in [0.1, 0.15) is 30.1 Å². The maximum absolute atomic E-state index is 12.3. The third kappa shape index (κ3) is 3.82. The van der Waals surface area contributed by atoms with Crippen LogP contribution in [-0.4, -0.2) is 24.0 Å². The van der Waals surface area contributed by atoms with Gasteiger partial charge in [0, 0.05) is 19.3 Å². The first-order chi connectivity index (χ1) is 11.5. The monoisotopic (exact) mass is 363 g/mol. The van der Waals surface area contributed by atoms with Crippen LogP contribution in [0.4, 0.5) is 11.5 Å². The van der Waals surface area contributed by atoms with E-state index in [2.05, 4.69) is 22.1 Å². The molecule has 24 heavy (non-hydrogen) atoms. The van der Waals surface area contributed by atoms with Gasteiger partial charge < -0.3 is 10.2 Å². The van der Waals surface area contributed by atoms with Gasteiger partial charge in [-0.15, -0.1) is 0 Å². The summed E-state index contributed by atoms with van der Waals surface area (Å²) in [4.78, 5) is 19.0. The van der Waals surface area contributed by atoms with Crippen molar-refractivity contribution in [2.45, 2.75) is 19.8 Å². The first-order valence-electron chi connectivity index (χ1n) is 8.01. The molecule has 0 atom stereocenters. The molecule has 6 heteroatoms. The Morgan fingerprint density at radius 2 is 1.96 bits per heavy atom. The second kappa shape index (κ2) is 7.41. The summed E-state index contributed by atoms with van der Waals surface area (Å²) in [5, 5.41) is 3.50. The van der Waals surface area contributed by atoms with Crippen molar-refractivity contribution in [1.29, 1.82) is 0 Å². The molecule has 2 aromatic rings. The van der Waals surface area contributed by atoms with Crippen molar-refractivity contribution in [2.24, 2.45) is 5.92 Å². The summed E-state index contributed by atoms with van der Waals surface area (Å²) >= 11 is 12.1. The topological polar surface area (TPSA) is 45.2 Å². The molecule has 0 radical (unpaired) electrons. The zero-order chi connectivity index (χ0) is 17.1. The quantitative estimate of drug-likeness (QED) is 0.845. The average molecular weight is 364 g/mol. The highest BCUT2D eigenvalue weighted by Gasteiger charge is 2.17. The Labute approximate surface area is 151 Å². The maximum Gasteiger partial charge on any atom is 0.257 e.